The molecular weight excluding hydrogens is 340 g/mol. The molecule has 1 N–H and O–H groups in total. The van der Waals surface area contributed by atoms with Crippen molar-refractivity contribution in [3.8, 4) is 0 Å². The molecule has 5 nitrogen and oxygen atoms in total. The number of piperidine rings is 1. The Morgan fingerprint density at radius 2 is 2.08 bits per heavy atom. The topological polar surface area (TPSA) is 58.6 Å². The van der Waals surface area contributed by atoms with Crippen LogP contribution in [-0.2, 0) is 9.53 Å². The summed E-state index contributed by atoms with van der Waals surface area (Å²) in [6, 6.07) is 6.32. The van der Waals surface area contributed by atoms with Gasteiger partial charge in [0.2, 0.25) is 5.91 Å². The van der Waals surface area contributed by atoms with Gasteiger partial charge in [0.1, 0.15) is 0 Å². The number of rotatable bonds is 2. The largest absolute Gasteiger partial charge is 0.450 e. The lowest BCUT2D eigenvalue weighted by atomic mass is 10.00. The van der Waals surface area contributed by atoms with Crippen LogP contribution in [0.5, 0.6) is 0 Å². The normalized spacial score (nSPS) is 31.4. The van der Waals surface area contributed by atoms with E-state index in [1.165, 1.54) is 5.56 Å². The van der Waals surface area contributed by atoms with Gasteiger partial charge in [-0.25, -0.2) is 4.79 Å². The first-order valence-corrected chi connectivity index (χ1v) is 9.38. The van der Waals surface area contributed by atoms with Gasteiger partial charge in [0.15, 0.2) is 0 Å². The van der Waals surface area contributed by atoms with Crippen LogP contribution in [-0.4, -0.2) is 43.1 Å². The van der Waals surface area contributed by atoms with Gasteiger partial charge in [0.25, 0.3) is 0 Å². The van der Waals surface area contributed by atoms with E-state index in [4.69, 9.17) is 16.3 Å². The summed E-state index contributed by atoms with van der Waals surface area (Å²) in [5, 5.41) is 3.51. The van der Waals surface area contributed by atoms with Crippen LogP contribution in [0.25, 0.3) is 0 Å². The molecule has 0 unspecified atom stereocenters. The first-order chi connectivity index (χ1) is 12.0. The molecule has 2 amide bonds. The number of benzene rings is 1. The van der Waals surface area contributed by atoms with E-state index in [1.54, 1.807) is 0 Å². The van der Waals surface area contributed by atoms with E-state index < -0.39 is 6.09 Å². The molecule has 25 heavy (non-hydrogen) atoms. The molecule has 0 bridgehead atoms. The van der Waals surface area contributed by atoms with Gasteiger partial charge in [-0.15, -0.1) is 0 Å². The van der Waals surface area contributed by atoms with Crippen molar-refractivity contribution in [2.24, 2.45) is 17.8 Å². The van der Waals surface area contributed by atoms with Crippen molar-refractivity contribution in [1.29, 1.82) is 0 Å². The molecule has 2 heterocycles. The second-order valence-corrected chi connectivity index (χ2v) is 7.87. The summed E-state index contributed by atoms with van der Waals surface area (Å²) in [6.07, 6.45) is 1.09. The Balaban J connectivity index is 1.36. The molecule has 134 valence electrons. The second kappa shape index (κ2) is 6.52. The third kappa shape index (κ3) is 3.22. The monoisotopic (exact) mass is 362 g/mol. The molecule has 3 aliphatic rings. The third-order valence-electron chi connectivity index (χ3n) is 5.86. The van der Waals surface area contributed by atoms with Gasteiger partial charge in [-0.1, -0.05) is 23.7 Å². The van der Waals surface area contributed by atoms with Gasteiger partial charge in [-0.2, -0.15) is 0 Å². The van der Waals surface area contributed by atoms with Crippen LogP contribution in [0, 0.1) is 24.7 Å². The molecule has 3 fully saturated rings. The molecule has 1 aromatic rings. The number of likely N-dealkylation sites (tertiary alicyclic amines) is 1. The summed E-state index contributed by atoms with van der Waals surface area (Å²) in [6.45, 7) is 4.41. The first kappa shape index (κ1) is 16.7. The molecule has 0 radical (unpaired) electrons. The summed E-state index contributed by atoms with van der Waals surface area (Å²) < 4.78 is 4.96. The molecule has 0 spiro atoms. The van der Waals surface area contributed by atoms with E-state index in [-0.39, 0.29) is 11.8 Å². The summed E-state index contributed by atoms with van der Waals surface area (Å²) in [4.78, 5) is 26.1. The second-order valence-electron chi connectivity index (χ2n) is 7.46. The number of nitrogens with zero attached hydrogens (tertiary/aromatic N) is 1. The van der Waals surface area contributed by atoms with Crippen molar-refractivity contribution in [2.75, 3.05) is 26.2 Å². The number of hydrogen-bond acceptors (Lipinski definition) is 3. The van der Waals surface area contributed by atoms with Crippen LogP contribution < -0.4 is 5.32 Å². The predicted octanol–water partition coefficient (Wildman–Crippen LogP) is 2.96. The number of nitrogens with one attached hydrogen (secondary N) is 1. The van der Waals surface area contributed by atoms with E-state index in [0.29, 0.717) is 30.9 Å². The Kier molecular flexibility index (Phi) is 4.36. The zero-order valence-corrected chi connectivity index (χ0v) is 15.1. The summed E-state index contributed by atoms with van der Waals surface area (Å²) in [5.74, 6) is 1.68. The highest BCUT2D eigenvalue weighted by Crippen LogP contribution is 2.58. The number of cyclic esters (lactones) is 1. The minimum atomic E-state index is -0.418. The van der Waals surface area contributed by atoms with Crippen LogP contribution in [0.4, 0.5) is 4.79 Å². The van der Waals surface area contributed by atoms with E-state index >= 15 is 0 Å². The minimum Gasteiger partial charge on any atom is -0.450 e. The molecule has 4 rings (SSSR count). The van der Waals surface area contributed by atoms with E-state index in [1.807, 2.05) is 11.8 Å². The zero-order chi connectivity index (χ0) is 17.6. The van der Waals surface area contributed by atoms with Crippen LogP contribution in [0.1, 0.15) is 29.9 Å². The van der Waals surface area contributed by atoms with Crippen LogP contribution in [0.3, 0.4) is 0 Å². The SMILES string of the molecule is Cc1ccc([C@H]2[C@@H]3CN(C(=O)[C@@H]4CCCOC(=O)NC4)C[C@@H]32)cc1Cl. The molecule has 1 aromatic carbocycles. The highest BCUT2D eigenvalue weighted by atomic mass is 35.5. The Morgan fingerprint density at radius 3 is 2.80 bits per heavy atom. The Bertz CT molecular complexity index is 696. The van der Waals surface area contributed by atoms with E-state index in [9.17, 15) is 9.59 Å². The van der Waals surface area contributed by atoms with Gasteiger partial charge in [0, 0.05) is 24.7 Å². The fourth-order valence-electron chi connectivity index (χ4n) is 4.34. The summed E-state index contributed by atoms with van der Waals surface area (Å²) >= 11 is 6.25. The first-order valence-electron chi connectivity index (χ1n) is 9.00. The van der Waals surface area contributed by atoms with Crippen molar-refractivity contribution in [3.63, 3.8) is 0 Å². The predicted molar refractivity (Wildman–Crippen MR) is 94.6 cm³/mol. The van der Waals surface area contributed by atoms with Gasteiger partial charge in [-0.05, 0) is 54.7 Å². The molecular formula is C19H23ClN2O3. The van der Waals surface area contributed by atoms with Gasteiger partial charge in [-0.3, -0.25) is 4.79 Å². The summed E-state index contributed by atoms with van der Waals surface area (Å²) in [7, 11) is 0. The molecule has 2 aliphatic heterocycles. The number of halogens is 1. The van der Waals surface area contributed by atoms with E-state index in [2.05, 4.69) is 23.5 Å². The quantitative estimate of drug-likeness (QED) is 0.880. The number of aryl methyl sites for hydroxylation is 1. The van der Waals surface area contributed by atoms with Crippen molar-refractivity contribution < 1.29 is 14.3 Å². The lowest BCUT2D eigenvalue weighted by Crippen LogP contribution is -2.43. The lowest BCUT2D eigenvalue weighted by molar-refractivity contribution is -0.135. The lowest BCUT2D eigenvalue weighted by Gasteiger charge is -2.27. The number of alkyl carbamates (subject to hydrolysis) is 1. The maximum atomic E-state index is 12.8. The number of carbonyl (C=O) groups excluding carboxylic acids is 2. The molecule has 6 heteroatoms. The highest BCUT2D eigenvalue weighted by Gasteiger charge is 2.57. The number of ether oxygens (including phenoxy) is 1. The minimum absolute atomic E-state index is 0.127. The fourth-order valence-corrected chi connectivity index (χ4v) is 4.53. The Morgan fingerprint density at radius 1 is 1.32 bits per heavy atom. The summed E-state index contributed by atoms with van der Waals surface area (Å²) in [5.41, 5.74) is 2.40. The number of carbonyl (C=O) groups is 2. The third-order valence-corrected chi connectivity index (χ3v) is 6.27. The van der Waals surface area contributed by atoms with Gasteiger partial charge in [0.05, 0.1) is 12.5 Å². The highest BCUT2D eigenvalue weighted by molar-refractivity contribution is 6.31. The molecule has 0 aromatic heterocycles. The zero-order valence-electron chi connectivity index (χ0n) is 14.3. The van der Waals surface area contributed by atoms with Crippen molar-refractivity contribution in [3.05, 3.63) is 34.3 Å². The van der Waals surface area contributed by atoms with Crippen LogP contribution in [0.2, 0.25) is 5.02 Å². The molecule has 4 atom stereocenters. The Labute approximate surface area is 152 Å². The molecule has 2 saturated heterocycles. The average Bonchev–Trinajstić information content (AvgIpc) is 3.07. The molecule has 1 saturated carbocycles. The van der Waals surface area contributed by atoms with E-state index in [0.717, 1.165) is 36.5 Å². The molecule has 1 aliphatic carbocycles. The number of amides is 2. The Hall–Kier alpha value is -1.75. The van der Waals surface area contributed by atoms with Crippen molar-refractivity contribution in [1.82, 2.24) is 10.2 Å². The van der Waals surface area contributed by atoms with Crippen LogP contribution >= 0.6 is 11.6 Å². The van der Waals surface area contributed by atoms with Gasteiger partial charge < -0.3 is 15.0 Å². The number of hydrogen-bond donors (Lipinski definition) is 1. The smallest absolute Gasteiger partial charge is 0.407 e. The standard InChI is InChI=1S/C19H23ClN2O3/c1-11-4-5-12(7-16(11)20)17-14-9-22(10-15(14)17)18(23)13-3-2-6-25-19(24)21-8-13/h4-5,7,13-15,17H,2-3,6,8-10H2,1H3,(H,21,24)/t13-,14-,15+,17+/m1/s1. The maximum absolute atomic E-state index is 12.8. The number of fused-ring (bicyclic) bond motifs is 1. The maximum Gasteiger partial charge on any atom is 0.407 e. The van der Waals surface area contributed by atoms with Gasteiger partial charge >= 0.3 is 6.09 Å². The van der Waals surface area contributed by atoms with Crippen LogP contribution in [0.15, 0.2) is 18.2 Å². The van der Waals surface area contributed by atoms with Crippen molar-refractivity contribution in [2.45, 2.75) is 25.7 Å². The fraction of sp³-hybridized carbons (Fsp3) is 0.579. The average molecular weight is 363 g/mol. The van der Waals surface area contributed by atoms with Crippen molar-refractivity contribution >= 4 is 23.6 Å².